The van der Waals surface area contributed by atoms with Crippen LogP contribution in [0.25, 0.3) is 0 Å². The van der Waals surface area contributed by atoms with E-state index < -0.39 is 0 Å². The molecule has 1 atom stereocenters. The predicted molar refractivity (Wildman–Crippen MR) is 80.3 cm³/mol. The summed E-state index contributed by atoms with van der Waals surface area (Å²) in [6.45, 7) is 2.21. The molecule has 3 heteroatoms. The van der Waals surface area contributed by atoms with E-state index in [4.69, 9.17) is 10.5 Å². The molecule has 0 saturated carbocycles. The molecule has 0 fully saturated rings. The van der Waals surface area contributed by atoms with Crippen molar-refractivity contribution in [3.63, 3.8) is 0 Å². The summed E-state index contributed by atoms with van der Waals surface area (Å²) in [6, 6.07) is 15.1. The van der Waals surface area contributed by atoms with Gasteiger partial charge in [-0.25, -0.2) is 0 Å². The minimum absolute atomic E-state index is 0.0545. The average Bonchev–Trinajstić information content (AvgIpc) is 2.48. The average molecular weight is 269 g/mol. The van der Waals surface area contributed by atoms with Crippen molar-refractivity contribution in [2.75, 3.05) is 13.7 Å². The highest BCUT2D eigenvalue weighted by atomic mass is 16.5. The Morgan fingerprint density at radius 2 is 1.90 bits per heavy atom. The zero-order valence-corrected chi connectivity index (χ0v) is 11.8. The minimum Gasteiger partial charge on any atom is -0.497 e. The summed E-state index contributed by atoms with van der Waals surface area (Å²) in [5, 5.41) is 0. The van der Waals surface area contributed by atoms with Gasteiger partial charge in [-0.15, -0.1) is 0 Å². The second kappa shape index (κ2) is 6.35. The topological polar surface area (TPSA) is 52.3 Å². The number of Topliss-reactive ketones (excluding diaryl/α,β-unsaturated/α-hetero) is 1. The Hall–Kier alpha value is -2.13. The Labute approximate surface area is 119 Å². The molecule has 0 bridgehead atoms. The predicted octanol–water partition coefficient (Wildman–Crippen LogP) is 2.93. The van der Waals surface area contributed by atoms with Gasteiger partial charge >= 0.3 is 0 Å². The molecule has 0 aromatic heterocycles. The first kappa shape index (κ1) is 14.3. The van der Waals surface area contributed by atoms with Crippen molar-refractivity contribution >= 4 is 5.78 Å². The van der Waals surface area contributed by atoms with Gasteiger partial charge in [-0.05, 0) is 36.2 Å². The van der Waals surface area contributed by atoms with E-state index in [0.29, 0.717) is 12.1 Å². The number of ether oxygens (including phenoxy) is 1. The molecule has 3 nitrogen and oxygen atoms in total. The lowest BCUT2D eigenvalue weighted by molar-refractivity contribution is 0.0962. The maximum Gasteiger partial charge on any atom is 0.171 e. The van der Waals surface area contributed by atoms with Crippen LogP contribution in [-0.2, 0) is 0 Å². The normalized spacial score (nSPS) is 11.9. The second-order valence-electron chi connectivity index (χ2n) is 4.74. The Bertz CT molecular complexity index is 593. The summed E-state index contributed by atoms with van der Waals surface area (Å²) < 4.78 is 5.17. The van der Waals surface area contributed by atoms with Crippen molar-refractivity contribution in [2.24, 2.45) is 5.73 Å². The van der Waals surface area contributed by atoms with E-state index in [9.17, 15) is 4.79 Å². The fourth-order valence-electron chi connectivity index (χ4n) is 2.31. The van der Waals surface area contributed by atoms with Crippen molar-refractivity contribution in [3.05, 3.63) is 65.2 Å². The molecule has 2 N–H and O–H groups in total. The number of hydrogen-bond acceptors (Lipinski definition) is 3. The number of methoxy groups -OCH3 is 1. The lowest BCUT2D eigenvalue weighted by atomic mass is 9.89. The van der Waals surface area contributed by atoms with Crippen LogP contribution in [0.5, 0.6) is 5.75 Å². The quantitative estimate of drug-likeness (QED) is 0.849. The van der Waals surface area contributed by atoms with E-state index in [-0.39, 0.29) is 11.7 Å². The summed E-state index contributed by atoms with van der Waals surface area (Å²) in [4.78, 5) is 12.7. The molecule has 0 heterocycles. The SMILES string of the molecule is COc1ccc(C(=O)C(CN)c2ccccc2)c(C)c1. The van der Waals surface area contributed by atoms with Crippen LogP contribution in [0, 0.1) is 6.92 Å². The van der Waals surface area contributed by atoms with Crippen molar-refractivity contribution in [1.82, 2.24) is 0 Å². The number of aryl methyl sites for hydroxylation is 1. The number of hydrogen-bond donors (Lipinski definition) is 1. The molecule has 0 radical (unpaired) electrons. The first-order valence-electron chi connectivity index (χ1n) is 6.61. The van der Waals surface area contributed by atoms with Gasteiger partial charge in [0.1, 0.15) is 5.75 Å². The van der Waals surface area contributed by atoms with E-state index in [1.54, 1.807) is 13.2 Å². The van der Waals surface area contributed by atoms with E-state index in [0.717, 1.165) is 16.9 Å². The molecule has 20 heavy (non-hydrogen) atoms. The van der Waals surface area contributed by atoms with Gasteiger partial charge in [-0.1, -0.05) is 30.3 Å². The van der Waals surface area contributed by atoms with Crippen molar-refractivity contribution in [2.45, 2.75) is 12.8 Å². The summed E-state index contributed by atoms with van der Waals surface area (Å²) >= 11 is 0. The molecule has 0 saturated heterocycles. The molecule has 2 aromatic carbocycles. The van der Waals surface area contributed by atoms with Gasteiger partial charge in [-0.2, -0.15) is 0 Å². The monoisotopic (exact) mass is 269 g/mol. The van der Waals surface area contributed by atoms with Crippen LogP contribution < -0.4 is 10.5 Å². The van der Waals surface area contributed by atoms with Gasteiger partial charge in [0, 0.05) is 12.1 Å². The van der Waals surface area contributed by atoms with Gasteiger partial charge < -0.3 is 10.5 Å². The molecule has 2 rings (SSSR count). The number of benzene rings is 2. The van der Waals surface area contributed by atoms with E-state index in [2.05, 4.69) is 0 Å². The van der Waals surface area contributed by atoms with E-state index >= 15 is 0 Å². The minimum atomic E-state index is -0.303. The Morgan fingerprint density at radius 1 is 1.20 bits per heavy atom. The third-order valence-corrected chi connectivity index (χ3v) is 3.45. The third kappa shape index (κ3) is 2.89. The maximum absolute atomic E-state index is 12.7. The number of carbonyl (C=O) groups is 1. The fraction of sp³-hybridized carbons (Fsp3) is 0.235. The Balaban J connectivity index is 2.34. The van der Waals surface area contributed by atoms with Crippen molar-refractivity contribution < 1.29 is 9.53 Å². The summed E-state index contributed by atoms with van der Waals surface area (Å²) in [5.41, 5.74) is 8.36. The molecule has 0 aliphatic carbocycles. The molecule has 0 aliphatic rings. The van der Waals surface area contributed by atoms with E-state index in [1.807, 2.05) is 49.4 Å². The second-order valence-corrected chi connectivity index (χ2v) is 4.74. The Morgan fingerprint density at radius 3 is 2.45 bits per heavy atom. The van der Waals surface area contributed by atoms with Gasteiger partial charge in [-0.3, -0.25) is 4.79 Å². The highest BCUT2D eigenvalue weighted by Gasteiger charge is 2.21. The fourth-order valence-corrected chi connectivity index (χ4v) is 2.31. The largest absolute Gasteiger partial charge is 0.497 e. The standard InChI is InChI=1S/C17H19NO2/c1-12-10-14(20-2)8-9-15(12)17(19)16(11-18)13-6-4-3-5-7-13/h3-10,16H,11,18H2,1-2H3. The summed E-state index contributed by atoms with van der Waals surface area (Å²) in [5.74, 6) is 0.505. The molecule has 1 unspecified atom stereocenters. The molecule has 104 valence electrons. The van der Waals surface area contributed by atoms with Crippen molar-refractivity contribution in [1.29, 1.82) is 0 Å². The summed E-state index contributed by atoms with van der Waals surface area (Å²) in [7, 11) is 1.61. The van der Waals surface area contributed by atoms with Crippen LogP contribution in [0.2, 0.25) is 0 Å². The first-order valence-corrected chi connectivity index (χ1v) is 6.61. The van der Waals surface area contributed by atoms with Gasteiger partial charge in [0.15, 0.2) is 5.78 Å². The number of ketones is 1. The van der Waals surface area contributed by atoms with Crippen LogP contribution in [0.1, 0.15) is 27.4 Å². The molecule has 2 aromatic rings. The summed E-state index contributed by atoms with van der Waals surface area (Å²) in [6.07, 6.45) is 0. The van der Waals surface area contributed by atoms with Crippen LogP contribution in [0.4, 0.5) is 0 Å². The molecule has 0 amide bonds. The van der Waals surface area contributed by atoms with Gasteiger partial charge in [0.05, 0.1) is 13.0 Å². The Kier molecular flexibility index (Phi) is 4.53. The highest BCUT2D eigenvalue weighted by Crippen LogP contribution is 2.24. The molecular weight excluding hydrogens is 250 g/mol. The zero-order chi connectivity index (χ0) is 14.5. The van der Waals surface area contributed by atoms with E-state index in [1.165, 1.54) is 0 Å². The van der Waals surface area contributed by atoms with Crippen LogP contribution >= 0.6 is 0 Å². The molecular formula is C17H19NO2. The first-order chi connectivity index (χ1) is 9.67. The molecule has 0 aliphatic heterocycles. The van der Waals surface area contributed by atoms with Gasteiger partial charge in [0.25, 0.3) is 0 Å². The smallest absolute Gasteiger partial charge is 0.171 e. The van der Waals surface area contributed by atoms with Crippen LogP contribution in [0.15, 0.2) is 48.5 Å². The molecule has 0 spiro atoms. The highest BCUT2D eigenvalue weighted by molar-refractivity contribution is 6.02. The van der Waals surface area contributed by atoms with Gasteiger partial charge in [0.2, 0.25) is 0 Å². The number of carbonyl (C=O) groups excluding carboxylic acids is 1. The zero-order valence-electron chi connectivity index (χ0n) is 11.8. The van der Waals surface area contributed by atoms with Crippen LogP contribution in [-0.4, -0.2) is 19.4 Å². The maximum atomic E-state index is 12.7. The lowest BCUT2D eigenvalue weighted by Crippen LogP contribution is -2.22. The van der Waals surface area contributed by atoms with Crippen LogP contribution in [0.3, 0.4) is 0 Å². The lowest BCUT2D eigenvalue weighted by Gasteiger charge is -2.16. The number of nitrogens with two attached hydrogens (primary N) is 1. The van der Waals surface area contributed by atoms with Crippen molar-refractivity contribution in [3.8, 4) is 5.75 Å². The third-order valence-electron chi connectivity index (χ3n) is 3.45. The number of rotatable bonds is 5.